The lowest BCUT2D eigenvalue weighted by Crippen LogP contribution is -2.25. The summed E-state index contributed by atoms with van der Waals surface area (Å²) in [5.74, 6) is 0.669. The van der Waals surface area contributed by atoms with Crippen LogP contribution in [0.2, 0.25) is 15.1 Å². The second-order valence-corrected chi connectivity index (χ2v) is 8.12. The average Bonchev–Trinajstić information content (AvgIpc) is 2.98. The molecule has 29 heavy (non-hydrogen) atoms. The smallest absolute Gasteiger partial charge is 0.142 e. The van der Waals surface area contributed by atoms with Crippen LogP contribution in [0.15, 0.2) is 54.6 Å². The molecule has 7 heteroatoms. The van der Waals surface area contributed by atoms with Gasteiger partial charge in [0.1, 0.15) is 5.75 Å². The fraction of sp³-hybridized carbons (Fsp3) is 0.182. The van der Waals surface area contributed by atoms with Crippen molar-refractivity contribution >= 4 is 62.3 Å². The molecule has 3 aromatic carbocycles. The van der Waals surface area contributed by atoms with Gasteiger partial charge in [-0.15, -0.1) is 0 Å². The molecule has 0 saturated carbocycles. The second kappa shape index (κ2) is 8.33. The number of aliphatic hydroxyl groups is 1. The monoisotopic (exact) mass is 448 g/mol. The summed E-state index contributed by atoms with van der Waals surface area (Å²) < 4.78 is 7.43. The van der Waals surface area contributed by atoms with Crippen molar-refractivity contribution in [1.29, 1.82) is 0 Å². The van der Waals surface area contributed by atoms with Crippen LogP contribution in [0.3, 0.4) is 0 Å². The third-order valence-electron chi connectivity index (χ3n) is 4.87. The number of hydrogen-bond donors (Lipinski definition) is 2. The van der Waals surface area contributed by atoms with E-state index in [1.54, 1.807) is 25.3 Å². The molecule has 0 aliphatic rings. The van der Waals surface area contributed by atoms with Gasteiger partial charge < -0.3 is 19.7 Å². The van der Waals surface area contributed by atoms with Gasteiger partial charge in [0.25, 0.3) is 0 Å². The number of methoxy groups -OCH3 is 1. The Morgan fingerprint density at radius 1 is 0.897 bits per heavy atom. The van der Waals surface area contributed by atoms with E-state index in [2.05, 4.69) is 9.88 Å². The fourth-order valence-electron chi connectivity index (χ4n) is 3.57. The third kappa shape index (κ3) is 4.12. The molecule has 0 bridgehead atoms. The Hall–Kier alpha value is -2.11. The summed E-state index contributed by atoms with van der Waals surface area (Å²) >= 11 is 18.5. The highest BCUT2D eigenvalue weighted by atomic mass is 35.5. The highest BCUT2D eigenvalue weighted by Gasteiger charge is 2.15. The Labute approximate surface area is 183 Å². The van der Waals surface area contributed by atoms with Crippen LogP contribution in [0.1, 0.15) is 0 Å². The summed E-state index contributed by atoms with van der Waals surface area (Å²) in [7, 11) is 1.60. The van der Waals surface area contributed by atoms with Gasteiger partial charge >= 0.3 is 0 Å². The van der Waals surface area contributed by atoms with E-state index in [1.807, 2.05) is 36.4 Å². The number of fused-ring (bicyclic) bond motifs is 3. The molecule has 1 unspecified atom stereocenters. The maximum atomic E-state index is 10.7. The highest BCUT2D eigenvalue weighted by molar-refractivity contribution is 6.33. The highest BCUT2D eigenvalue weighted by Crippen LogP contribution is 2.33. The van der Waals surface area contributed by atoms with Gasteiger partial charge in [0.15, 0.2) is 0 Å². The Morgan fingerprint density at radius 2 is 1.45 bits per heavy atom. The molecule has 0 amide bonds. The minimum atomic E-state index is -0.649. The van der Waals surface area contributed by atoms with Gasteiger partial charge in [-0.05, 0) is 54.6 Å². The van der Waals surface area contributed by atoms with Crippen molar-refractivity contribution in [3.63, 3.8) is 0 Å². The number of benzene rings is 3. The molecular weight excluding hydrogens is 431 g/mol. The normalized spacial score (nSPS) is 12.4. The minimum Gasteiger partial charge on any atom is -0.495 e. The number of hydrogen-bond acceptors (Lipinski definition) is 3. The van der Waals surface area contributed by atoms with Crippen molar-refractivity contribution < 1.29 is 9.84 Å². The molecule has 0 radical (unpaired) electrons. The van der Waals surface area contributed by atoms with E-state index in [9.17, 15) is 5.11 Å². The zero-order chi connectivity index (χ0) is 20.5. The first-order valence-electron chi connectivity index (χ1n) is 9.09. The third-order valence-corrected chi connectivity index (χ3v) is 5.58. The zero-order valence-electron chi connectivity index (χ0n) is 15.6. The minimum absolute atomic E-state index is 0.332. The molecule has 0 saturated heterocycles. The molecule has 150 valence electrons. The fourth-order valence-corrected chi connectivity index (χ4v) is 4.08. The van der Waals surface area contributed by atoms with Gasteiger partial charge in [-0.3, -0.25) is 0 Å². The Morgan fingerprint density at radius 3 is 2.03 bits per heavy atom. The maximum absolute atomic E-state index is 10.7. The van der Waals surface area contributed by atoms with E-state index in [0.29, 0.717) is 33.9 Å². The molecular formula is C22H19Cl3N2O2. The number of ether oxygens (including phenoxy) is 1. The number of nitrogens with zero attached hydrogens (tertiary/aromatic N) is 1. The standard InChI is InChI=1S/C22H19Cl3N2O2/c1-29-22-7-4-15(25)10-19(22)26-11-16(28)12-27-20-5-2-13(23)8-17(20)18-9-14(24)3-6-21(18)27/h2-10,16,26,28H,11-12H2,1H3. The maximum Gasteiger partial charge on any atom is 0.142 e. The average molecular weight is 450 g/mol. The molecule has 4 nitrogen and oxygen atoms in total. The lowest BCUT2D eigenvalue weighted by molar-refractivity contribution is 0.169. The van der Waals surface area contributed by atoms with E-state index in [-0.39, 0.29) is 0 Å². The van der Waals surface area contributed by atoms with Crippen LogP contribution in [-0.4, -0.2) is 29.4 Å². The number of nitrogens with one attached hydrogen (secondary N) is 1. The van der Waals surface area contributed by atoms with Crippen LogP contribution in [0.5, 0.6) is 5.75 Å². The molecule has 4 aromatic rings. The van der Waals surface area contributed by atoms with Crippen LogP contribution in [0, 0.1) is 0 Å². The Bertz CT molecular complexity index is 1130. The molecule has 0 spiro atoms. The van der Waals surface area contributed by atoms with E-state index in [4.69, 9.17) is 39.5 Å². The number of rotatable bonds is 6. The molecule has 4 rings (SSSR count). The van der Waals surface area contributed by atoms with Crippen molar-refractivity contribution in [3.8, 4) is 5.75 Å². The van der Waals surface area contributed by atoms with Gasteiger partial charge in [-0.1, -0.05) is 34.8 Å². The lowest BCUT2D eigenvalue weighted by atomic mass is 10.1. The molecule has 1 aromatic heterocycles. The molecule has 0 fully saturated rings. The largest absolute Gasteiger partial charge is 0.495 e. The predicted octanol–water partition coefficient (Wildman–Crippen LogP) is 6.24. The summed E-state index contributed by atoms with van der Waals surface area (Å²) in [5, 5.41) is 17.9. The van der Waals surface area contributed by atoms with Gasteiger partial charge in [-0.2, -0.15) is 0 Å². The van der Waals surface area contributed by atoms with Crippen LogP contribution >= 0.6 is 34.8 Å². The van der Waals surface area contributed by atoms with Crippen molar-refractivity contribution in [3.05, 3.63) is 69.7 Å². The van der Waals surface area contributed by atoms with Crippen LogP contribution in [0.4, 0.5) is 5.69 Å². The summed E-state index contributed by atoms with van der Waals surface area (Å²) in [4.78, 5) is 0. The SMILES string of the molecule is COc1ccc(Cl)cc1NCC(O)Cn1c2ccc(Cl)cc2c2cc(Cl)ccc21. The first-order chi connectivity index (χ1) is 14.0. The molecule has 1 heterocycles. The number of halogens is 3. The van der Waals surface area contributed by atoms with Gasteiger partial charge in [-0.25, -0.2) is 0 Å². The summed E-state index contributed by atoms with van der Waals surface area (Å²) in [6.07, 6.45) is -0.649. The van der Waals surface area contributed by atoms with Crippen molar-refractivity contribution in [2.24, 2.45) is 0 Å². The lowest BCUT2D eigenvalue weighted by Gasteiger charge is -2.17. The second-order valence-electron chi connectivity index (χ2n) is 6.81. The Balaban J connectivity index is 1.63. The van der Waals surface area contributed by atoms with Gasteiger partial charge in [0.05, 0.1) is 25.4 Å². The molecule has 0 aliphatic carbocycles. The van der Waals surface area contributed by atoms with Crippen molar-refractivity contribution in [2.45, 2.75) is 12.6 Å². The van der Waals surface area contributed by atoms with E-state index >= 15 is 0 Å². The summed E-state index contributed by atoms with van der Waals surface area (Å²) in [6.45, 7) is 0.734. The van der Waals surface area contributed by atoms with E-state index in [1.165, 1.54) is 0 Å². The van der Waals surface area contributed by atoms with E-state index in [0.717, 1.165) is 27.5 Å². The van der Waals surface area contributed by atoms with Gasteiger partial charge in [0, 0.05) is 43.4 Å². The topological polar surface area (TPSA) is 46.4 Å². The zero-order valence-corrected chi connectivity index (χ0v) is 17.9. The first kappa shape index (κ1) is 20.2. The molecule has 2 N–H and O–H groups in total. The summed E-state index contributed by atoms with van der Waals surface area (Å²) in [5.41, 5.74) is 2.72. The van der Waals surface area contributed by atoms with Crippen LogP contribution in [0.25, 0.3) is 21.8 Å². The van der Waals surface area contributed by atoms with E-state index < -0.39 is 6.10 Å². The van der Waals surface area contributed by atoms with Crippen molar-refractivity contribution in [2.75, 3.05) is 19.0 Å². The predicted molar refractivity (Wildman–Crippen MR) is 122 cm³/mol. The number of anilines is 1. The summed E-state index contributed by atoms with van der Waals surface area (Å²) in [6, 6.07) is 16.8. The quantitative estimate of drug-likeness (QED) is 0.366. The molecule has 0 aliphatic heterocycles. The van der Waals surface area contributed by atoms with Gasteiger partial charge in [0.2, 0.25) is 0 Å². The van der Waals surface area contributed by atoms with Crippen LogP contribution in [-0.2, 0) is 6.54 Å². The molecule has 1 atom stereocenters. The van der Waals surface area contributed by atoms with Crippen LogP contribution < -0.4 is 10.1 Å². The number of aliphatic hydroxyl groups excluding tert-OH is 1. The Kier molecular flexibility index (Phi) is 5.79. The number of aromatic nitrogens is 1. The van der Waals surface area contributed by atoms with Crippen molar-refractivity contribution in [1.82, 2.24) is 4.57 Å². The first-order valence-corrected chi connectivity index (χ1v) is 10.2.